The van der Waals surface area contributed by atoms with E-state index in [1.165, 1.54) is 154 Å². The Morgan fingerprint density at radius 2 is 0.527 bits per heavy atom. The minimum atomic E-state index is -4.95. The predicted octanol–water partition coefficient (Wildman–Crippen LogP) is 20.5. The number of ether oxygens (including phenoxy) is 4. The summed E-state index contributed by atoms with van der Waals surface area (Å²) in [6, 6.07) is 0. The van der Waals surface area contributed by atoms with Gasteiger partial charge in [0, 0.05) is 25.7 Å². The van der Waals surface area contributed by atoms with Gasteiger partial charge in [-0.1, -0.05) is 306 Å². The molecule has 0 spiro atoms. The minimum absolute atomic E-state index is 0.103. The minimum Gasteiger partial charge on any atom is -0.462 e. The van der Waals surface area contributed by atoms with Crippen molar-refractivity contribution < 1.29 is 80.2 Å². The Hall–Kier alpha value is -1.94. The first-order valence-electron chi connectivity index (χ1n) is 37.3. The number of hydrogen-bond acceptors (Lipinski definition) is 15. The van der Waals surface area contributed by atoms with E-state index in [2.05, 4.69) is 55.4 Å². The van der Waals surface area contributed by atoms with Gasteiger partial charge in [0.05, 0.1) is 26.4 Å². The summed E-state index contributed by atoms with van der Waals surface area (Å²) >= 11 is 0. The van der Waals surface area contributed by atoms with E-state index in [4.69, 9.17) is 37.0 Å². The van der Waals surface area contributed by atoms with Gasteiger partial charge in [0.1, 0.15) is 19.3 Å². The second-order valence-electron chi connectivity index (χ2n) is 27.4. The van der Waals surface area contributed by atoms with Gasteiger partial charge >= 0.3 is 39.5 Å². The van der Waals surface area contributed by atoms with E-state index in [0.29, 0.717) is 31.6 Å². The van der Waals surface area contributed by atoms with Crippen molar-refractivity contribution in [1.82, 2.24) is 0 Å². The van der Waals surface area contributed by atoms with Crippen LogP contribution in [-0.2, 0) is 65.4 Å². The standard InChI is InChI=1S/C72H140O17P2/c1-9-64(7)50-42-34-25-20-22-28-38-46-54-71(76)88-67(58-82-69(74)52-44-36-27-19-17-15-13-11-12-14-16-18-24-32-40-48-62(3)4)60-86-90(78,79)84-56-66(73)57-85-91(80,81)87-61-68(59-83-70(75)53-45-37-31-30-33-41-49-63(5)6)89-72(77)55-47-39-29-23-21-26-35-43-51-65(8)10-2/h62-68,73H,9-61H2,1-8H3,(H,78,79)(H,80,81)/t64?,65?,66-,67-,68-/m1/s1. The summed E-state index contributed by atoms with van der Waals surface area (Å²) in [5.74, 6) is 0.894. The van der Waals surface area contributed by atoms with E-state index in [-0.39, 0.29) is 25.7 Å². The molecule has 0 aromatic heterocycles. The van der Waals surface area contributed by atoms with E-state index in [1.54, 1.807) is 0 Å². The van der Waals surface area contributed by atoms with Crippen LogP contribution in [0, 0.1) is 23.7 Å². The molecule has 0 saturated carbocycles. The van der Waals surface area contributed by atoms with Crippen molar-refractivity contribution in [3.63, 3.8) is 0 Å². The molecule has 0 aliphatic heterocycles. The van der Waals surface area contributed by atoms with Crippen molar-refractivity contribution >= 4 is 39.5 Å². The van der Waals surface area contributed by atoms with Crippen LogP contribution in [0.2, 0.25) is 0 Å². The maximum Gasteiger partial charge on any atom is 0.472 e. The molecule has 0 heterocycles. The first-order chi connectivity index (χ1) is 43.7. The van der Waals surface area contributed by atoms with Gasteiger partial charge in [0.2, 0.25) is 0 Å². The molecule has 540 valence electrons. The number of carbonyl (C=O) groups excluding carboxylic acids is 4. The third kappa shape index (κ3) is 63.9. The van der Waals surface area contributed by atoms with E-state index in [0.717, 1.165) is 114 Å². The summed E-state index contributed by atoms with van der Waals surface area (Å²) in [5, 5.41) is 10.6. The molecular weight excluding hydrogens is 1200 g/mol. The van der Waals surface area contributed by atoms with Gasteiger partial charge in [0.15, 0.2) is 12.2 Å². The summed E-state index contributed by atoms with van der Waals surface area (Å²) in [6.07, 6.45) is 44.5. The summed E-state index contributed by atoms with van der Waals surface area (Å²) < 4.78 is 68.3. The molecule has 19 heteroatoms. The molecule has 0 rings (SSSR count). The van der Waals surface area contributed by atoms with Gasteiger partial charge in [-0.2, -0.15) is 0 Å². The van der Waals surface area contributed by atoms with Gasteiger partial charge < -0.3 is 33.8 Å². The smallest absolute Gasteiger partial charge is 0.462 e. The Bertz CT molecular complexity index is 1800. The van der Waals surface area contributed by atoms with Crippen molar-refractivity contribution in [3.05, 3.63) is 0 Å². The van der Waals surface area contributed by atoms with Gasteiger partial charge in [-0.25, -0.2) is 9.13 Å². The zero-order valence-electron chi connectivity index (χ0n) is 59.5. The number of esters is 4. The van der Waals surface area contributed by atoms with Crippen LogP contribution < -0.4 is 0 Å². The maximum atomic E-state index is 13.0. The Labute approximate surface area is 556 Å². The lowest BCUT2D eigenvalue weighted by atomic mass is 9.99. The highest BCUT2D eigenvalue weighted by atomic mass is 31.2. The van der Waals surface area contributed by atoms with E-state index >= 15 is 0 Å². The van der Waals surface area contributed by atoms with Gasteiger partial charge in [-0.05, 0) is 49.4 Å². The molecule has 0 fully saturated rings. The molecule has 0 bridgehead atoms. The summed E-state index contributed by atoms with van der Waals surface area (Å²) in [5.41, 5.74) is 0. The van der Waals surface area contributed by atoms with E-state index in [1.807, 2.05) is 0 Å². The van der Waals surface area contributed by atoms with Crippen LogP contribution in [0.3, 0.4) is 0 Å². The van der Waals surface area contributed by atoms with Crippen LogP contribution >= 0.6 is 15.6 Å². The fraction of sp³-hybridized carbons (Fsp3) is 0.944. The van der Waals surface area contributed by atoms with Crippen molar-refractivity contribution in [2.75, 3.05) is 39.6 Å². The SMILES string of the molecule is CCC(C)CCCCCCCCCCC(=O)O[C@H](COC(=O)CCCCCCCCCCCCCCCCCC(C)C)COP(=O)(O)OC[C@@H](O)COP(=O)(O)OC[C@@H](COC(=O)CCCCCCCCC(C)C)OC(=O)CCCCCCCCCCC(C)CC. The highest BCUT2D eigenvalue weighted by Gasteiger charge is 2.30. The predicted molar refractivity (Wildman–Crippen MR) is 367 cm³/mol. The first-order valence-corrected chi connectivity index (χ1v) is 40.3. The van der Waals surface area contributed by atoms with Crippen molar-refractivity contribution in [3.8, 4) is 0 Å². The lowest BCUT2D eigenvalue weighted by molar-refractivity contribution is -0.161. The van der Waals surface area contributed by atoms with Crippen molar-refractivity contribution in [2.45, 2.75) is 375 Å². The van der Waals surface area contributed by atoms with Crippen LogP contribution in [0.4, 0.5) is 0 Å². The molecular formula is C72H140O17P2. The van der Waals surface area contributed by atoms with E-state index in [9.17, 15) is 43.2 Å². The molecule has 0 radical (unpaired) electrons. The molecule has 3 N–H and O–H groups in total. The Morgan fingerprint density at radius 3 is 0.780 bits per heavy atom. The molecule has 0 aromatic rings. The number of rotatable bonds is 69. The number of aliphatic hydroxyl groups excluding tert-OH is 1. The Morgan fingerprint density at radius 1 is 0.308 bits per heavy atom. The van der Waals surface area contributed by atoms with Crippen LogP contribution in [-0.4, -0.2) is 96.7 Å². The lowest BCUT2D eigenvalue weighted by Crippen LogP contribution is -2.30. The van der Waals surface area contributed by atoms with Crippen molar-refractivity contribution in [2.24, 2.45) is 23.7 Å². The number of aliphatic hydroxyl groups is 1. The van der Waals surface area contributed by atoms with Gasteiger partial charge in [0.25, 0.3) is 0 Å². The molecule has 7 atom stereocenters. The van der Waals surface area contributed by atoms with Gasteiger partial charge in [-0.3, -0.25) is 37.3 Å². The monoisotopic (exact) mass is 1340 g/mol. The van der Waals surface area contributed by atoms with Crippen molar-refractivity contribution in [1.29, 1.82) is 0 Å². The molecule has 17 nitrogen and oxygen atoms in total. The fourth-order valence-electron chi connectivity index (χ4n) is 10.8. The number of phosphoric acid groups is 2. The Balaban J connectivity index is 5.22. The zero-order chi connectivity index (χ0) is 67.5. The average Bonchev–Trinajstić information content (AvgIpc) is 3.51. The summed E-state index contributed by atoms with van der Waals surface area (Å²) in [7, 11) is -9.90. The number of phosphoric ester groups is 2. The molecule has 4 unspecified atom stereocenters. The fourth-order valence-corrected chi connectivity index (χ4v) is 12.4. The second-order valence-corrected chi connectivity index (χ2v) is 30.3. The highest BCUT2D eigenvalue weighted by Crippen LogP contribution is 2.45. The van der Waals surface area contributed by atoms with Crippen LogP contribution in [0.25, 0.3) is 0 Å². The average molecular weight is 1340 g/mol. The quantitative estimate of drug-likeness (QED) is 0.0222. The van der Waals surface area contributed by atoms with Gasteiger partial charge in [-0.15, -0.1) is 0 Å². The van der Waals surface area contributed by atoms with Crippen LogP contribution in [0.1, 0.15) is 357 Å². The molecule has 91 heavy (non-hydrogen) atoms. The Kier molecular flexibility index (Phi) is 60.3. The largest absolute Gasteiger partial charge is 0.472 e. The summed E-state index contributed by atoms with van der Waals surface area (Å²) in [6.45, 7) is 14.1. The normalized spacial score (nSPS) is 14.8. The first kappa shape index (κ1) is 89.1. The maximum absolute atomic E-state index is 13.0. The topological polar surface area (TPSA) is 237 Å². The van der Waals surface area contributed by atoms with E-state index < -0.39 is 97.5 Å². The molecule has 0 aliphatic carbocycles. The second kappa shape index (κ2) is 61.6. The highest BCUT2D eigenvalue weighted by molar-refractivity contribution is 7.47. The lowest BCUT2D eigenvalue weighted by Gasteiger charge is -2.21. The number of hydrogen-bond donors (Lipinski definition) is 3. The van der Waals surface area contributed by atoms with Crippen LogP contribution in [0.15, 0.2) is 0 Å². The molecule has 0 saturated heterocycles. The third-order valence-electron chi connectivity index (χ3n) is 17.3. The third-order valence-corrected chi connectivity index (χ3v) is 19.2. The molecule has 0 amide bonds. The zero-order valence-corrected chi connectivity index (χ0v) is 61.3. The number of unbranched alkanes of at least 4 members (excludes halogenated alkanes) is 33. The number of carbonyl (C=O) groups is 4. The molecule has 0 aliphatic rings. The molecule has 0 aromatic carbocycles. The van der Waals surface area contributed by atoms with Crippen LogP contribution in [0.5, 0.6) is 0 Å². The summed E-state index contributed by atoms with van der Waals surface area (Å²) in [4.78, 5) is 72.6.